The molecule has 0 saturated carbocycles. The van der Waals surface area contributed by atoms with E-state index < -0.39 is 23.0 Å². The highest BCUT2D eigenvalue weighted by Gasteiger charge is 2.10. The van der Waals surface area contributed by atoms with E-state index in [2.05, 4.69) is 11.1 Å². The van der Waals surface area contributed by atoms with Crippen molar-refractivity contribution in [1.82, 2.24) is 0 Å². The summed E-state index contributed by atoms with van der Waals surface area (Å²) in [5.74, 6) is -0.786. The highest BCUT2D eigenvalue weighted by Crippen LogP contribution is 2.12. The first-order chi connectivity index (χ1) is 11.5. The second-order valence-electron chi connectivity index (χ2n) is 6.15. The number of unbranched alkanes of at least 4 members (excludes halogenated alkanes) is 12. The maximum atomic E-state index is 11.1. The predicted molar refractivity (Wildman–Crippen MR) is 94.2 cm³/mol. The smallest absolute Gasteiger partial charge is 0.397 e. The van der Waals surface area contributed by atoms with E-state index in [0.29, 0.717) is 0 Å². The average Bonchev–Trinajstić information content (AvgIpc) is 2.52. The van der Waals surface area contributed by atoms with Crippen molar-refractivity contribution in [1.29, 1.82) is 0 Å². The monoisotopic (exact) mass is 366 g/mol. The van der Waals surface area contributed by atoms with E-state index in [1.54, 1.807) is 0 Å². The molecule has 0 spiro atoms. The predicted octanol–water partition coefficient (Wildman–Crippen LogP) is 4.44. The normalized spacial score (nSPS) is 11.6. The Morgan fingerprint density at radius 3 is 1.62 bits per heavy atom. The van der Waals surface area contributed by atoms with Crippen LogP contribution in [0.5, 0.6) is 0 Å². The summed E-state index contributed by atoms with van der Waals surface area (Å²) in [5, 5.41) is 0. The lowest BCUT2D eigenvalue weighted by molar-refractivity contribution is -0.146. The zero-order valence-corrected chi connectivity index (χ0v) is 15.8. The van der Waals surface area contributed by atoms with Crippen LogP contribution >= 0.6 is 0 Å². The first-order valence-corrected chi connectivity index (χ1v) is 10.6. The molecule has 0 aromatic heterocycles. The van der Waals surface area contributed by atoms with Crippen molar-refractivity contribution in [2.45, 2.75) is 90.4 Å². The number of ether oxygens (including phenoxy) is 1. The Labute approximate surface area is 147 Å². The van der Waals surface area contributed by atoms with Crippen LogP contribution in [0.25, 0.3) is 0 Å². The molecule has 0 radical (unpaired) electrons. The second-order valence-corrected chi connectivity index (χ2v) is 7.24. The van der Waals surface area contributed by atoms with Gasteiger partial charge in [-0.1, -0.05) is 84.0 Å². The summed E-state index contributed by atoms with van der Waals surface area (Å²) in [4.78, 5) is 11.1. The van der Waals surface area contributed by atoms with Crippen LogP contribution in [0.2, 0.25) is 0 Å². The van der Waals surface area contributed by atoms with Gasteiger partial charge in [0.2, 0.25) is 0 Å². The molecule has 7 heteroatoms. The van der Waals surface area contributed by atoms with Crippen LogP contribution in [-0.2, 0) is 24.1 Å². The molecule has 0 aliphatic heterocycles. The Kier molecular flexibility index (Phi) is 15.4. The van der Waals surface area contributed by atoms with Gasteiger partial charge in [0.15, 0.2) is 6.61 Å². The molecule has 0 unspecified atom stereocenters. The number of carbonyl (C=O) groups excluding carboxylic acids is 1. The van der Waals surface area contributed by atoms with Gasteiger partial charge in [-0.25, -0.2) is 8.98 Å². The minimum absolute atomic E-state index is 0.255. The van der Waals surface area contributed by atoms with Crippen molar-refractivity contribution in [2.24, 2.45) is 0 Å². The van der Waals surface area contributed by atoms with Gasteiger partial charge in [0.05, 0.1) is 6.61 Å². The second kappa shape index (κ2) is 15.8. The Balaban J connectivity index is 3.19. The molecule has 1 N–H and O–H groups in total. The largest absolute Gasteiger partial charge is 0.464 e. The van der Waals surface area contributed by atoms with Crippen molar-refractivity contribution in [3.8, 4) is 0 Å². The highest BCUT2D eigenvalue weighted by molar-refractivity contribution is 7.80. The van der Waals surface area contributed by atoms with E-state index in [1.807, 2.05) is 0 Å². The minimum atomic E-state index is -4.58. The molecule has 6 nitrogen and oxygen atoms in total. The standard InChI is InChI=1S/C17H34O6S/c1-2-3-4-5-6-7-8-9-10-11-12-13-14-15-22-17(18)16-23-24(19,20)21/h2-16H2,1H3,(H,19,20,21). The third-order valence-electron chi connectivity index (χ3n) is 3.84. The molecule has 0 fully saturated rings. The summed E-state index contributed by atoms with van der Waals surface area (Å²) in [6.07, 6.45) is 16.1. The third kappa shape index (κ3) is 19.4. The van der Waals surface area contributed by atoms with Gasteiger partial charge in [0.25, 0.3) is 0 Å². The summed E-state index contributed by atoms with van der Waals surface area (Å²) >= 11 is 0. The van der Waals surface area contributed by atoms with Gasteiger partial charge >= 0.3 is 16.4 Å². The van der Waals surface area contributed by atoms with Crippen LogP contribution < -0.4 is 0 Å². The van der Waals surface area contributed by atoms with Crippen molar-refractivity contribution >= 4 is 16.4 Å². The lowest BCUT2D eigenvalue weighted by atomic mass is 10.0. The zero-order valence-electron chi connectivity index (χ0n) is 15.0. The average molecular weight is 367 g/mol. The fourth-order valence-electron chi connectivity index (χ4n) is 2.47. The summed E-state index contributed by atoms with van der Waals surface area (Å²) in [6.45, 7) is 1.71. The first-order valence-electron chi connectivity index (χ1n) is 9.23. The number of esters is 1. The molecule has 144 valence electrons. The number of carbonyl (C=O) groups is 1. The summed E-state index contributed by atoms with van der Waals surface area (Å²) in [6, 6.07) is 0. The Hall–Kier alpha value is -0.660. The van der Waals surface area contributed by atoms with Crippen LogP contribution in [-0.4, -0.2) is 32.2 Å². The van der Waals surface area contributed by atoms with Gasteiger partial charge in [-0.15, -0.1) is 0 Å². The molecule has 0 saturated heterocycles. The molecule has 0 aromatic rings. The number of hydrogen-bond donors (Lipinski definition) is 1. The summed E-state index contributed by atoms with van der Waals surface area (Å²) in [7, 11) is -4.58. The maximum Gasteiger partial charge on any atom is 0.397 e. The van der Waals surface area contributed by atoms with E-state index in [-0.39, 0.29) is 6.61 Å². The van der Waals surface area contributed by atoms with E-state index in [1.165, 1.54) is 64.2 Å². The van der Waals surface area contributed by atoms with Gasteiger partial charge in [0.1, 0.15) is 0 Å². The van der Waals surface area contributed by atoms with Crippen LogP contribution in [0.1, 0.15) is 90.4 Å². The molecule has 0 aliphatic rings. The van der Waals surface area contributed by atoms with Gasteiger partial charge < -0.3 is 4.74 Å². The van der Waals surface area contributed by atoms with E-state index in [4.69, 9.17) is 9.29 Å². The molecule has 24 heavy (non-hydrogen) atoms. The Morgan fingerprint density at radius 1 is 0.792 bits per heavy atom. The highest BCUT2D eigenvalue weighted by atomic mass is 32.3. The quantitative estimate of drug-likeness (QED) is 0.232. The molecule has 0 atom stereocenters. The van der Waals surface area contributed by atoms with Crippen LogP contribution in [0.15, 0.2) is 0 Å². The lowest BCUT2D eigenvalue weighted by Crippen LogP contribution is -2.16. The summed E-state index contributed by atoms with van der Waals surface area (Å²) in [5.41, 5.74) is 0. The fourth-order valence-corrected chi connectivity index (χ4v) is 2.72. The van der Waals surface area contributed by atoms with Gasteiger partial charge in [0, 0.05) is 0 Å². The lowest BCUT2D eigenvalue weighted by Gasteiger charge is -2.05. The maximum absolute atomic E-state index is 11.1. The molecule has 0 rings (SSSR count). The Morgan fingerprint density at radius 2 is 1.21 bits per heavy atom. The van der Waals surface area contributed by atoms with Gasteiger partial charge in [-0.3, -0.25) is 4.55 Å². The minimum Gasteiger partial charge on any atom is -0.464 e. The molecular formula is C17H34O6S. The van der Waals surface area contributed by atoms with Crippen molar-refractivity contribution in [3.63, 3.8) is 0 Å². The molecular weight excluding hydrogens is 332 g/mol. The first kappa shape index (κ1) is 23.3. The third-order valence-corrected chi connectivity index (χ3v) is 4.25. The Bertz CT molecular complexity index is 394. The van der Waals surface area contributed by atoms with Crippen LogP contribution in [0, 0.1) is 0 Å². The number of rotatable bonds is 17. The van der Waals surface area contributed by atoms with E-state index in [0.717, 1.165) is 19.3 Å². The van der Waals surface area contributed by atoms with Crippen molar-refractivity contribution in [2.75, 3.05) is 13.2 Å². The molecule has 0 aromatic carbocycles. The van der Waals surface area contributed by atoms with Gasteiger partial charge in [-0.2, -0.15) is 8.42 Å². The van der Waals surface area contributed by atoms with Crippen LogP contribution in [0.4, 0.5) is 0 Å². The van der Waals surface area contributed by atoms with Crippen molar-refractivity contribution in [3.05, 3.63) is 0 Å². The van der Waals surface area contributed by atoms with E-state index >= 15 is 0 Å². The fraction of sp³-hybridized carbons (Fsp3) is 0.941. The molecule has 0 amide bonds. The molecule has 0 bridgehead atoms. The summed E-state index contributed by atoms with van der Waals surface area (Å²) < 4.78 is 37.5. The SMILES string of the molecule is CCCCCCCCCCCCCCCOC(=O)COS(=O)(=O)O. The van der Waals surface area contributed by atoms with Gasteiger partial charge in [-0.05, 0) is 6.42 Å². The van der Waals surface area contributed by atoms with Crippen LogP contribution in [0.3, 0.4) is 0 Å². The van der Waals surface area contributed by atoms with Crippen molar-refractivity contribution < 1.29 is 26.7 Å². The van der Waals surface area contributed by atoms with E-state index in [9.17, 15) is 13.2 Å². The topological polar surface area (TPSA) is 89.9 Å². The zero-order chi connectivity index (χ0) is 18.1. The molecule has 0 aliphatic carbocycles. The number of hydrogen-bond acceptors (Lipinski definition) is 5. The molecule has 0 heterocycles.